The minimum absolute atomic E-state index is 0.263. The molecule has 1 rings (SSSR count). The van der Waals surface area contributed by atoms with Gasteiger partial charge in [-0.2, -0.15) is 0 Å². The number of benzene rings is 1. The van der Waals surface area contributed by atoms with Crippen molar-refractivity contribution in [2.45, 2.75) is 6.54 Å². The summed E-state index contributed by atoms with van der Waals surface area (Å²) in [5.41, 5.74) is 6.03. The Bertz CT molecular complexity index is 304. The molecule has 2 N–H and O–H groups in total. The molecule has 0 amide bonds. The molecule has 0 heterocycles. The Kier molecular flexibility index (Phi) is 4.32. The Hall–Kier alpha value is -0.640. The number of hydrogen-bond donors (Lipinski definition) is 1. The summed E-state index contributed by atoms with van der Waals surface area (Å²) in [6.45, 7) is 1.88. The van der Waals surface area contributed by atoms with Crippen LogP contribution in [0.4, 0.5) is 4.39 Å². The number of halogens is 2. The highest BCUT2D eigenvalue weighted by molar-refractivity contribution is 6.30. The largest absolute Gasteiger partial charge is 0.329 e. The molecule has 0 radical (unpaired) electrons. The molecule has 0 fully saturated rings. The van der Waals surface area contributed by atoms with Crippen molar-refractivity contribution in [3.8, 4) is 0 Å². The van der Waals surface area contributed by atoms with Crippen molar-refractivity contribution in [3.63, 3.8) is 0 Å². The van der Waals surface area contributed by atoms with Crippen LogP contribution in [0, 0.1) is 5.82 Å². The van der Waals surface area contributed by atoms with Gasteiger partial charge >= 0.3 is 0 Å². The zero-order chi connectivity index (χ0) is 10.6. The van der Waals surface area contributed by atoms with E-state index in [0.717, 1.165) is 6.54 Å². The molecule has 0 bridgehead atoms. The zero-order valence-electron chi connectivity index (χ0n) is 8.13. The molecule has 4 heteroatoms. The molecule has 78 valence electrons. The molecule has 1 aromatic rings. The molecule has 1 aromatic carbocycles. The third-order valence-electron chi connectivity index (χ3n) is 1.97. The van der Waals surface area contributed by atoms with Gasteiger partial charge in [0.15, 0.2) is 0 Å². The Balaban J connectivity index is 2.67. The summed E-state index contributed by atoms with van der Waals surface area (Å²) in [6.07, 6.45) is 0. The van der Waals surface area contributed by atoms with E-state index in [1.807, 2.05) is 11.9 Å². The normalized spacial score (nSPS) is 10.9. The zero-order valence-corrected chi connectivity index (χ0v) is 8.89. The predicted octanol–water partition coefficient (Wildman–Crippen LogP) is 1.87. The van der Waals surface area contributed by atoms with E-state index in [1.165, 1.54) is 6.07 Å². The van der Waals surface area contributed by atoms with E-state index in [1.54, 1.807) is 12.1 Å². The molecule has 0 aliphatic carbocycles. The lowest BCUT2D eigenvalue weighted by Crippen LogP contribution is -2.25. The van der Waals surface area contributed by atoms with Crippen molar-refractivity contribution in [3.05, 3.63) is 34.6 Å². The van der Waals surface area contributed by atoms with E-state index in [0.29, 0.717) is 23.7 Å². The van der Waals surface area contributed by atoms with E-state index in [4.69, 9.17) is 17.3 Å². The van der Waals surface area contributed by atoms with Crippen LogP contribution >= 0.6 is 11.6 Å². The third-order valence-corrected chi connectivity index (χ3v) is 2.20. The molecule has 0 saturated heterocycles. The Morgan fingerprint density at radius 3 is 2.79 bits per heavy atom. The maximum atomic E-state index is 13.3. The highest BCUT2D eigenvalue weighted by Gasteiger charge is 2.05. The van der Waals surface area contributed by atoms with Crippen LogP contribution in [0.1, 0.15) is 5.56 Å². The standard InChI is InChI=1S/C10H14ClFN2/c1-14(5-4-13)7-8-2-3-9(11)6-10(8)12/h2-3,6H,4-5,7,13H2,1H3. The highest BCUT2D eigenvalue weighted by atomic mass is 35.5. The average molecular weight is 217 g/mol. The van der Waals surface area contributed by atoms with Crippen molar-refractivity contribution in [1.82, 2.24) is 4.90 Å². The topological polar surface area (TPSA) is 29.3 Å². The van der Waals surface area contributed by atoms with Gasteiger partial charge in [-0.25, -0.2) is 4.39 Å². The van der Waals surface area contributed by atoms with E-state index >= 15 is 0 Å². The molecular formula is C10H14ClFN2. The molecule has 0 spiro atoms. The third kappa shape index (κ3) is 3.25. The van der Waals surface area contributed by atoms with Crippen LogP contribution in [-0.2, 0) is 6.54 Å². The number of likely N-dealkylation sites (N-methyl/N-ethyl adjacent to an activating group) is 1. The molecule has 0 saturated carbocycles. The van der Waals surface area contributed by atoms with Gasteiger partial charge in [0.05, 0.1) is 0 Å². The summed E-state index contributed by atoms with van der Waals surface area (Å²) in [4.78, 5) is 1.96. The second kappa shape index (κ2) is 5.29. The van der Waals surface area contributed by atoms with E-state index in [9.17, 15) is 4.39 Å². The van der Waals surface area contributed by atoms with Gasteiger partial charge in [0, 0.05) is 30.2 Å². The van der Waals surface area contributed by atoms with Crippen LogP contribution in [-0.4, -0.2) is 25.0 Å². The number of hydrogen-bond acceptors (Lipinski definition) is 2. The second-order valence-electron chi connectivity index (χ2n) is 3.26. The Labute approximate surface area is 88.5 Å². The Morgan fingerprint density at radius 1 is 1.50 bits per heavy atom. The summed E-state index contributed by atoms with van der Waals surface area (Å²) >= 11 is 5.64. The lowest BCUT2D eigenvalue weighted by atomic mass is 10.2. The quantitative estimate of drug-likeness (QED) is 0.833. The molecule has 0 atom stereocenters. The summed E-state index contributed by atoms with van der Waals surface area (Å²) in [5, 5.41) is 0.424. The van der Waals surface area contributed by atoms with Gasteiger partial charge in [-0.3, -0.25) is 0 Å². The van der Waals surface area contributed by atoms with Gasteiger partial charge in [0.25, 0.3) is 0 Å². The second-order valence-corrected chi connectivity index (χ2v) is 3.70. The fourth-order valence-corrected chi connectivity index (χ4v) is 1.40. The first-order valence-corrected chi connectivity index (χ1v) is 4.84. The van der Waals surface area contributed by atoms with Gasteiger partial charge in [0.1, 0.15) is 5.82 Å². The molecule has 2 nitrogen and oxygen atoms in total. The van der Waals surface area contributed by atoms with Crippen LogP contribution in [0.5, 0.6) is 0 Å². The summed E-state index contributed by atoms with van der Waals surface area (Å²) in [5.74, 6) is -0.263. The molecule has 0 aliphatic rings. The van der Waals surface area contributed by atoms with Crippen LogP contribution in [0.3, 0.4) is 0 Å². The maximum absolute atomic E-state index is 13.3. The van der Waals surface area contributed by atoms with Crippen LogP contribution in [0.15, 0.2) is 18.2 Å². The SMILES string of the molecule is CN(CCN)Cc1ccc(Cl)cc1F. The predicted molar refractivity (Wildman–Crippen MR) is 56.8 cm³/mol. The van der Waals surface area contributed by atoms with Crippen molar-refractivity contribution in [2.24, 2.45) is 5.73 Å². The van der Waals surface area contributed by atoms with Gasteiger partial charge < -0.3 is 10.6 Å². The number of rotatable bonds is 4. The van der Waals surface area contributed by atoms with Gasteiger partial charge in [-0.1, -0.05) is 17.7 Å². The maximum Gasteiger partial charge on any atom is 0.129 e. The van der Waals surface area contributed by atoms with Gasteiger partial charge in [0.2, 0.25) is 0 Å². The van der Waals surface area contributed by atoms with Crippen molar-refractivity contribution < 1.29 is 4.39 Å². The van der Waals surface area contributed by atoms with E-state index < -0.39 is 0 Å². The van der Waals surface area contributed by atoms with Crippen LogP contribution in [0.2, 0.25) is 5.02 Å². The summed E-state index contributed by atoms with van der Waals surface area (Å²) < 4.78 is 13.3. The monoisotopic (exact) mass is 216 g/mol. The molecule has 14 heavy (non-hydrogen) atoms. The fraction of sp³-hybridized carbons (Fsp3) is 0.400. The van der Waals surface area contributed by atoms with Crippen LogP contribution in [0.25, 0.3) is 0 Å². The first-order valence-electron chi connectivity index (χ1n) is 4.46. The average Bonchev–Trinajstić information content (AvgIpc) is 2.10. The first-order chi connectivity index (χ1) is 6.63. The molecule has 0 unspecified atom stereocenters. The van der Waals surface area contributed by atoms with Crippen molar-refractivity contribution in [2.75, 3.05) is 20.1 Å². The summed E-state index contributed by atoms with van der Waals surface area (Å²) in [7, 11) is 1.90. The minimum Gasteiger partial charge on any atom is -0.329 e. The van der Waals surface area contributed by atoms with Crippen LogP contribution < -0.4 is 5.73 Å². The highest BCUT2D eigenvalue weighted by Crippen LogP contribution is 2.15. The first kappa shape index (κ1) is 11.4. The van der Waals surface area contributed by atoms with Gasteiger partial charge in [-0.05, 0) is 19.2 Å². The molecule has 0 aromatic heterocycles. The van der Waals surface area contributed by atoms with Crippen molar-refractivity contribution >= 4 is 11.6 Å². The molecule has 0 aliphatic heterocycles. The summed E-state index contributed by atoms with van der Waals surface area (Å²) in [6, 6.07) is 4.72. The Morgan fingerprint density at radius 2 is 2.21 bits per heavy atom. The van der Waals surface area contributed by atoms with Gasteiger partial charge in [-0.15, -0.1) is 0 Å². The van der Waals surface area contributed by atoms with E-state index in [-0.39, 0.29) is 5.82 Å². The van der Waals surface area contributed by atoms with E-state index in [2.05, 4.69) is 0 Å². The number of nitrogens with zero attached hydrogens (tertiary/aromatic N) is 1. The lowest BCUT2D eigenvalue weighted by Gasteiger charge is -2.15. The minimum atomic E-state index is -0.263. The number of nitrogens with two attached hydrogens (primary N) is 1. The lowest BCUT2D eigenvalue weighted by molar-refractivity contribution is 0.330. The fourth-order valence-electron chi connectivity index (χ4n) is 1.24. The smallest absolute Gasteiger partial charge is 0.129 e. The van der Waals surface area contributed by atoms with Crippen molar-refractivity contribution in [1.29, 1.82) is 0 Å². The molecular weight excluding hydrogens is 203 g/mol.